The Morgan fingerprint density at radius 2 is 2.17 bits per heavy atom. The van der Waals surface area contributed by atoms with Gasteiger partial charge in [0, 0.05) is 19.1 Å². The van der Waals surface area contributed by atoms with Crippen LogP contribution in [-0.4, -0.2) is 34.5 Å². The van der Waals surface area contributed by atoms with Crippen LogP contribution in [0.2, 0.25) is 5.02 Å². The zero-order valence-electron chi connectivity index (χ0n) is 10.2. The van der Waals surface area contributed by atoms with E-state index in [0.717, 1.165) is 11.0 Å². The van der Waals surface area contributed by atoms with E-state index < -0.39 is 0 Å². The largest absolute Gasteiger partial charge is 0.347 e. The van der Waals surface area contributed by atoms with Crippen molar-refractivity contribution in [1.29, 1.82) is 0 Å². The molecule has 0 radical (unpaired) electrons. The fraction of sp³-hybridized carbons (Fsp3) is 0.333. The topological polar surface area (TPSA) is 38.1 Å². The van der Waals surface area contributed by atoms with Gasteiger partial charge in [-0.3, -0.25) is 4.79 Å². The van der Waals surface area contributed by atoms with Crippen LogP contribution in [0.4, 0.5) is 0 Å². The third-order valence-corrected chi connectivity index (χ3v) is 3.18. The van der Waals surface area contributed by atoms with E-state index in [9.17, 15) is 4.79 Å². The lowest BCUT2D eigenvalue weighted by molar-refractivity contribution is -0.129. The lowest BCUT2D eigenvalue weighted by atomic mass is 10.3. The number of alkyl halides is 1. The van der Waals surface area contributed by atoms with Crippen LogP contribution < -0.4 is 0 Å². The van der Waals surface area contributed by atoms with E-state index in [1.54, 1.807) is 31.1 Å². The van der Waals surface area contributed by atoms with Crippen molar-refractivity contribution >= 4 is 40.1 Å². The summed E-state index contributed by atoms with van der Waals surface area (Å²) < 4.78 is 1.82. The summed E-state index contributed by atoms with van der Waals surface area (Å²) in [6.45, 7) is 0.229. The highest BCUT2D eigenvalue weighted by molar-refractivity contribution is 6.31. The number of carbonyl (C=O) groups is 1. The third kappa shape index (κ3) is 2.44. The molecule has 6 heteroatoms. The molecule has 0 bridgehead atoms. The first-order valence-corrected chi connectivity index (χ1v) is 6.35. The summed E-state index contributed by atoms with van der Waals surface area (Å²) in [5, 5.41) is 0.618. The molecule has 0 fully saturated rings. The minimum absolute atomic E-state index is 0.00406. The summed E-state index contributed by atoms with van der Waals surface area (Å²) in [6.07, 6.45) is 0. The Hall–Kier alpha value is -1.26. The Morgan fingerprint density at radius 3 is 2.78 bits per heavy atom. The molecular formula is C12H13Cl2N3O. The van der Waals surface area contributed by atoms with Gasteiger partial charge in [-0.1, -0.05) is 11.6 Å². The van der Waals surface area contributed by atoms with Crippen molar-refractivity contribution in [3.63, 3.8) is 0 Å². The van der Waals surface area contributed by atoms with Crippen molar-refractivity contribution < 1.29 is 4.79 Å². The highest BCUT2D eigenvalue weighted by atomic mass is 35.5. The number of hydrogen-bond donors (Lipinski definition) is 0. The van der Waals surface area contributed by atoms with E-state index in [1.807, 2.05) is 10.6 Å². The summed E-state index contributed by atoms with van der Waals surface area (Å²) in [4.78, 5) is 17.7. The zero-order valence-corrected chi connectivity index (χ0v) is 11.7. The first-order valence-electron chi connectivity index (χ1n) is 5.43. The van der Waals surface area contributed by atoms with Crippen molar-refractivity contribution in [2.75, 3.05) is 14.1 Å². The molecule has 1 amide bonds. The van der Waals surface area contributed by atoms with Gasteiger partial charge in [-0.25, -0.2) is 4.98 Å². The molecule has 0 N–H and O–H groups in total. The molecular weight excluding hydrogens is 273 g/mol. The van der Waals surface area contributed by atoms with Gasteiger partial charge in [-0.15, -0.1) is 11.6 Å². The van der Waals surface area contributed by atoms with Crippen LogP contribution in [0.5, 0.6) is 0 Å². The van der Waals surface area contributed by atoms with Gasteiger partial charge in [0.15, 0.2) is 0 Å². The van der Waals surface area contributed by atoms with E-state index in [1.165, 1.54) is 0 Å². The number of benzene rings is 1. The van der Waals surface area contributed by atoms with E-state index in [-0.39, 0.29) is 18.3 Å². The minimum Gasteiger partial charge on any atom is -0.347 e. The predicted octanol–water partition coefficient (Wildman–Crippen LogP) is 2.52. The van der Waals surface area contributed by atoms with Crippen molar-refractivity contribution in [2.24, 2.45) is 0 Å². The summed E-state index contributed by atoms with van der Waals surface area (Å²) in [5.74, 6) is 0.923. The number of rotatable bonds is 3. The average Bonchev–Trinajstić information content (AvgIpc) is 2.66. The molecule has 0 atom stereocenters. The van der Waals surface area contributed by atoms with Gasteiger partial charge < -0.3 is 9.47 Å². The number of halogens is 2. The maximum atomic E-state index is 11.8. The summed E-state index contributed by atoms with van der Waals surface area (Å²) in [7, 11) is 3.44. The van der Waals surface area contributed by atoms with Crippen molar-refractivity contribution in [1.82, 2.24) is 14.5 Å². The van der Waals surface area contributed by atoms with Gasteiger partial charge in [0.05, 0.1) is 16.9 Å². The van der Waals surface area contributed by atoms with Gasteiger partial charge in [-0.05, 0) is 18.2 Å². The van der Waals surface area contributed by atoms with Crippen LogP contribution in [0.3, 0.4) is 0 Å². The molecule has 0 saturated carbocycles. The maximum absolute atomic E-state index is 11.8. The number of aromatic nitrogens is 2. The monoisotopic (exact) mass is 285 g/mol. The quantitative estimate of drug-likeness (QED) is 0.813. The Labute approximate surface area is 115 Å². The second kappa shape index (κ2) is 5.16. The average molecular weight is 286 g/mol. The van der Waals surface area contributed by atoms with Gasteiger partial charge >= 0.3 is 0 Å². The van der Waals surface area contributed by atoms with Crippen molar-refractivity contribution in [3.8, 4) is 0 Å². The number of hydrogen-bond acceptors (Lipinski definition) is 2. The lowest BCUT2D eigenvalue weighted by Crippen LogP contribution is -2.26. The van der Waals surface area contributed by atoms with Crippen molar-refractivity contribution in [2.45, 2.75) is 12.4 Å². The van der Waals surface area contributed by atoms with Crippen LogP contribution in [0.15, 0.2) is 18.2 Å². The Kier molecular flexibility index (Phi) is 3.78. The first kappa shape index (κ1) is 13.2. The molecule has 18 heavy (non-hydrogen) atoms. The number of nitrogens with zero attached hydrogens (tertiary/aromatic N) is 3. The van der Waals surface area contributed by atoms with Crippen LogP contribution in [-0.2, 0) is 17.2 Å². The third-order valence-electron chi connectivity index (χ3n) is 2.70. The molecule has 0 aliphatic rings. The second-order valence-corrected chi connectivity index (χ2v) is 4.87. The smallest absolute Gasteiger partial charge is 0.242 e. The Bertz CT molecular complexity index is 592. The van der Waals surface area contributed by atoms with Gasteiger partial charge in [-0.2, -0.15) is 0 Å². The molecule has 1 aromatic heterocycles. The number of fused-ring (bicyclic) bond motifs is 1. The van der Waals surface area contributed by atoms with Crippen molar-refractivity contribution in [3.05, 3.63) is 29.0 Å². The fourth-order valence-corrected chi connectivity index (χ4v) is 2.08. The van der Waals surface area contributed by atoms with E-state index >= 15 is 0 Å². The first-order chi connectivity index (χ1) is 8.52. The molecule has 4 nitrogen and oxygen atoms in total. The highest BCUT2D eigenvalue weighted by Gasteiger charge is 2.14. The summed E-state index contributed by atoms with van der Waals surface area (Å²) in [5.41, 5.74) is 1.62. The maximum Gasteiger partial charge on any atom is 0.242 e. The molecule has 0 unspecified atom stereocenters. The Morgan fingerprint density at radius 1 is 1.44 bits per heavy atom. The molecule has 2 rings (SSSR count). The van der Waals surface area contributed by atoms with E-state index in [2.05, 4.69) is 4.98 Å². The molecule has 0 aliphatic heterocycles. The molecule has 0 aliphatic carbocycles. The van der Waals surface area contributed by atoms with Crippen LogP contribution in [0, 0.1) is 0 Å². The predicted molar refractivity (Wildman–Crippen MR) is 73.0 cm³/mol. The molecule has 1 heterocycles. The number of likely N-dealkylation sites (N-methyl/N-ethyl adjacent to an activating group) is 1. The normalized spacial score (nSPS) is 10.9. The Balaban J connectivity index is 2.50. The molecule has 96 valence electrons. The molecule has 0 saturated heterocycles. The lowest BCUT2D eigenvalue weighted by Gasteiger charge is -2.12. The highest BCUT2D eigenvalue weighted by Crippen LogP contribution is 2.21. The van der Waals surface area contributed by atoms with Gasteiger partial charge in [0.25, 0.3) is 0 Å². The number of imidazole rings is 1. The minimum atomic E-state index is -0.00406. The van der Waals surface area contributed by atoms with E-state index in [4.69, 9.17) is 23.2 Å². The SMILES string of the molecule is CN(C)C(=O)Cn1c(CCl)nc2cc(Cl)ccc21. The number of amides is 1. The van der Waals surface area contributed by atoms with Crippen LogP contribution in [0.1, 0.15) is 5.82 Å². The molecule has 1 aromatic carbocycles. The van der Waals surface area contributed by atoms with Crippen LogP contribution >= 0.6 is 23.2 Å². The summed E-state index contributed by atoms with van der Waals surface area (Å²) >= 11 is 11.8. The second-order valence-electron chi connectivity index (χ2n) is 4.17. The van der Waals surface area contributed by atoms with Gasteiger partial charge in [0.1, 0.15) is 12.4 Å². The number of carbonyl (C=O) groups excluding carboxylic acids is 1. The standard InChI is InChI=1S/C12H13Cl2N3O/c1-16(2)12(18)7-17-10-4-3-8(14)5-9(10)15-11(17)6-13/h3-5H,6-7H2,1-2H3. The zero-order chi connectivity index (χ0) is 13.3. The van der Waals surface area contributed by atoms with Crippen LogP contribution in [0.25, 0.3) is 11.0 Å². The summed E-state index contributed by atoms with van der Waals surface area (Å²) in [6, 6.07) is 5.40. The fourth-order valence-electron chi connectivity index (χ4n) is 1.71. The van der Waals surface area contributed by atoms with Gasteiger partial charge in [0.2, 0.25) is 5.91 Å². The van der Waals surface area contributed by atoms with E-state index in [0.29, 0.717) is 10.8 Å². The molecule has 2 aromatic rings. The molecule has 0 spiro atoms.